The average molecular weight is 330 g/mol. The minimum Gasteiger partial charge on any atom is -0.493 e. The van der Waals surface area contributed by atoms with Crippen molar-refractivity contribution in [3.05, 3.63) is 48.0 Å². The lowest BCUT2D eigenvalue weighted by molar-refractivity contribution is 0.0460. The summed E-state index contributed by atoms with van der Waals surface area (Å²) in [6, 6.07) is 12.6. The number of primary amides is 1. The first-order valence-corrected chi connectivity index (χ1v) is 7.48. The van der Waals surface area contributed by atoms with Crippen molar-refractivity contribution < 1.29 is 19.0 Å². The van der Waals surface area contributed by atoms with Crippen molar-refractivity contribution in [3.63, 3.8) is 0 Å². The van der Waals surface area contributed by atoms with E-state index in [9.17, 15) is 4.79 Å². The molecule has 0 radical (unpaired) electrons. The molecule has 0 aliphatic rings. The van der Waals surface area contributed by atoms with Gasteiger partial charge in [0.2, 0.25) is 0 Å². The number of methoxy groups -OCH3 is 1. The molecule has 0 aliphatic carbocycles. The minimum atomic E-state index is -0.796. The first kappa shape index (κ1) is 17.5. The number of hydrogen-bond acceptors (Lipinski definition) is 5. The summed E-state index contributed by atoms with van der Waals surface area (Å²) in [6.45, 7) is 3.59. The number of carbonyl (C=O) groups is 1. The first-order valence-electron chi connectivity index (χ1n) is 7.48. The van der Waals surface area contributed by atoms with Crippen LogP contribution in [0.15, 0.2) is 42.5 Å². The zero-order chi connectivity index (χ0) is 17.7. The minimum absolute atomic E-state index is 0.494. The molecule has 0 saturated heterocycles. The zero-order valence-electron chi connectivity index (χ0n) is 14.0. The van der Waals surface area contributed by atoms with Crippen molar-refractivity contribution in [1.82, 2.24) is 0 Å². The summed E-state index contributed by atoms with van der Waals surface area (Å²) in [4.78, 5) is 11.0. The molecule has 128 valence electrons. The van der Waals surface area contributed by atoms with E-state index >= 15 is 0 Å². The molecule has 0 spiro atoms. The van der Waals surface area contributed by atoms with Crippen LogP contribution in [0.1, 0.15) is 19.4 Å². The van der Waals surface area contributed by atoms with Crippen LogP contribution in [0.5, 0.6) is 17.2 Å². The summed E-state index contributed by atoms with van der Waals surface area (Å²) in [5.41, 5.74) is 11.6. The van der Waals surface area contributed by atoms with Crippen molar-refractivity contribution in [2.75, 3.05) is 12.8 Å². The average Bonchev–Trinajstić information content (AvgIpc) is 2.49. The number of benzene rings is 2. The van der Waals surface area contributed by atoms with Gasteiger partial charge in [0.15, 0.2) is 11.5 Å². The second-order valence-electron chi connectivity index (χ2n) is 6.01. The monoisotopic (exact) mass is 330 g/mol. The van der Waals surface area contributed by atoms with Gasteiger partial charge in [-0.05, 0) is 55.8 Å². The molecule has 0 bridgehead atoms. The molecule has 6 nitrogen and oxygen atoms in total. The van der Waals surface area contributed by atoms with Gasteiger partial charge >= 0.3 is 6.09 Å². The van der Waals surface area contributed by atoms with Gasteiger partial charge < -0.3 is 25.7 Å². The number of rotatable bonds is 6. The summed E-state index contributed by atoms with van der Waals surface area (Å²) in [6.07, 6.45) is -0.302. The second kappa shape index (κ2) is 7.12. The van der Waals surface area contributed by atoms with Crippen LogP contribution in [0, 0.1) is 0 Å². The Labute approximate surface area is 141 Å². The number of ether oxygens (including phenoxy) is 3. The van der Waals surface area contributed by atoms with Gasteiger partial charge in [-0.3, -0.25) is 0 Å². The maximum Gasteiger partial charge on any atom is 0.405 e. The van der Waals surface area contributed by atoms with Crippen molar-refractivity contribution in [2.45, 2.75) is 25.9 Å². The van der Waals surface area contributed by atoms with Crippen molar-refractivity contribution in [3.8, 4) is 17.2 Å². The summed E-state index contributed by atoms with van der Waals surface area (Å²) < 4.78 is 16.3. The van der Waals surface area contributed by atoms with Crippen LogP contribution in [-0.4, -0.2) is 18.8 Å². The first-order chi connectivity index (χ1) is 11.3. The van der Waals surface area contributed by atoms with E-state index in [1.807, 2.05) is 18.2 Å². The van der Waals surface area contributed by atoms with Crippen molar-refractivity contribution in [1.29, 1.82) is 0 Å². The lowest BCUT2D eigenvalue weighted by atomic mass is 9.98. The summed E-state index contributed by atoms with van der Waals surface area (Å²) in [5.74, 6) is 1.83. The fourth-order valence-corrected chi connectivity index (χ4v) is 2.37. The highest BCUT2D eigenvalue weighted by atomic mass is 16.6. The second-order valence-corrected chi connectivity index (χ2v) is 6.01. The van der Waals surface area contributed by atoms with E-state index in [2.05, 4.69) is 0 Å². The fraction of sp³-hybridized carbons (Fsp3) is 0.278. The number of amides is 1. The Bertz CT molecular complexity index is 711. The van der Waals surface area contributed by atoms with E-state index in [-0.39, 0.29) is 0 Å². The highest BCUT2D eigenvalue weighted by Gasteiger charge is 2.23. The van der Waals surface area contributed by atoms with E-state index in [0.717, 1.165) is 5.56 Å². The Morgan fingerprint density at radius 3 is 2.33 bits per heavy atom. The van der Waals surface area contributed by atoms with E-state index in [0.29, 0.717) is 29.4 Å². The quantitative estimate of drug-likeness (QED) is 0.790. The third-order valence-corrected chi connectivity index (χ3v) is 3.34. The molecule has 0 atom stereocenters. The lowest BCUT2D eigenvalue weighted by Crippen LogP contribution is -2.33. The Hall–Kier alpha value is -2.89. The van der Waals surface area contributed by atoms with Gasteiger partial charge in [-0.15, -0.1) is 0 Å². The van der Waals surface area contributed by atoms with Gasteiger partial charge in [0.25, 0.3) is 0 Å². The summed E-state index contributed by atoms with van der Waals surface area (Å²) >= 11 is 0. The fourth-order valence-electron chi connectivity index (χ4n) is 2.37. The molecule has 2 aromatic carbocycles. The van der Waals surface area contributed by atoms with Crippen LogP contribution in [-0.2, 0) is 11.2 Å². The number of nitrogens with two attached hydrogens (primary N) is 2. The van der Waals surface area contributed by atoms with E-state index < -0.39 is 11.7 Å². The molecular formula is C18H22N2O4. The molecule has 2 aromatic rings. The van der Waals surface area contributed by atoms with Gasteiger partial charge in [-0.2, -0.15) is 0 Å². The lowest BCUT2D eigenvalue weighted by Gasteiger charge is -2.24. The molecule has 6 heteroatoms. The number of anilines is 1. The van der Waals surface area contributed by atoms with Gasteiger partial charge in [0, 0.05) is 12.1 Å². The van der Waals surface area contributed by atoms with E-state index in [4.69, 9.17) is 25.7 Å². The van der Waals surface area contributed by atoms with Crippen LogP contribution in [0.3, 0.4) is 0 Å². The molecule has 0 heterocycles. The summed E-state index contributed by atoms with van der Waals surface area (Å²) in [7, 11) is 1.57. The van der Waals surface area contributed by atoms with E-state index in [1.165, 1.54) is 0 Å². The third-order valence-electron chi connectivity index (χ3n) is 3.34. The molecule has 4 N–H and O–H groups in total. The van der Waals surface area contributed by atoms with Gasteiger partial charge in [0.1, 0.15) is 11.4 Å². The normalized spacial score (nSPS) is 11.0. The molecule has 2 rings (SSSR count). The molecule has 0 unspecified atom stereocenters. The van der Waals surface area contributed by atoms with Crippen LogP contribution in [0.4, 0.5) is 10.5 Å². The van der Waals surface area contributed by atoms with Crippen LogP contribution < -0.4 is 20.9 Å². The van der Waals surface area contributed by atoms with Gasteiger partial charge in [-0.25, -0.2) is 4.79 Å². The predicted octanol–water partition coefficient (Wildman–Crippen LogP) is 3.49. The number of nitrogen functional groups attached to an aromatic ring is 1. The molecule has 0 aliphatic heterocycles. The Morgan fingerprint density at radius 1 is 1.08 bits per heavy atom. The SMILES string of the molecule is COc1cc(CC(C)(C)OC(N)=O)ccc1Oc1ccc(N)cc1. The standard InChI is InChI=1S/C18H22N2O4/c1-18(2,24-17(20)21)11-12-4-9-15(16(10-12)22-3)23-14-7-5-13(19)6-8-14/h4-10H,11,19H2,1-3H3,(H2,20,21). The van der Waals surface area contributed by atoms with Gasteiger partial charge in [0.05, 0.1) is 7.11 Å². The number of carbonyl (C=O) groups excluding carboxylic acids is 1. The number of hydrogen-bond donors (Lipinski definition) is 2. The topological polar surface area (TPSA) is 96.8 Å². The predicted molar refractivity (Wildman–Crippen MR) is 92.4 cm³/mol. The van der Waals surface area contributed by atoms with Crippen molar-refractivity contribution in [2.24, 2.45) is 5.73 Å². The van der Waals surface area contributed by atoms with Gasteiger partial charge in [-0.1, -0.05) is 6.07 Å². The smallest absolute Gasteiger partial charge is 0.405 e. The highest BCUT2D eigenvalue weighted by molar-refractivity contribution is 5.65. The molecule has 0 aromatic heterocycles. The van der Waals surface area contributed by atoms with Crippen LogP contribution in [0.25, 0.3) is 0 Å². The maximum atomic E-state index is 11.0. The molecular weight excluding hydrogens is 308 g/mol. The highest BCUT2D eigenvalue weighted by Crippen LogP contribution is 2.33. The maximum absolute atomic E-state index is 11.0. The largest absolute Gasteiger partial charge is 0.493 e. The third kappa shape index (κ3) is 4.81. The molecule has 24 heavy (non-hydrogen) atoms. The Morgan fingerprint density at radius 2 is 1.75 bits per heavy atom. The molecule has 0 fully saturated rings. The Kier molecular flexibility index (Phi) is 5.18. The van der Waals surface area contributed by atoms with Crippen LogP contribution in [0.2, 0.25) is 0 Å². The molecule has 1 amide bonds. The van der Waals surface area contributed by atoms with Crippen LogP contribution >= 0.6 is 0 Å². The molecule has 0 saturated carbocycles. The summed E-state index contributed by atoms with van der Waals surface area (Å²) in [5, 5.41) is 0. The Balaban J connectivity index is 2.18. The van der Waals surface area contributed by atoms with E-state index in [1.54, 1.807) is 45.2 Å². The zero-order valence-corrected chi connectivity index (χ0v) is 14.0. The van der Waals surface area contributed by atoms with Crippen molar-refractivity contribution >= 4 is 11.8 Å².